The third kappa shape index (κ3) is 1.01. The number of hydrogen-bond acceptors (Lipinski definition) is 0. The summed E-state index contributed by atoms with van der Waals surface area (Å²) in [6.45, 7) is 0. The van der Waals surface area contributed by atoms with Gasteiger partial charge in [-0.3, -0.25) is 0 Å². The van der Waals surface area contributed by atoms with Gasteiger partial charge in [-0.15, -0.1) is 0 Å². The molecule has 0 spiro atoms. The summed E-state index contributed by atoms with van der Waals surface area (Å²) < 4.78 is 90.4. The summed E-state index contributed by atoms with van der Waals surface area (Å²) in [5, 5.41) is 0. The van der Waals surface area contributed by atoms with Crippen molar-refractivity contribution in [1.82, 2.24) is 0 Å². The highest BCUT2D eigenvalue weighted by atomic mass is 19.4. The fraction of sp³-hybridized carbons (Fsp3) is 0.400. The molecule has 1 aliphatic carbocycles. The molecular formula is C10H4F7. The zero-order valence-electron chi connectivity index (χ0n) is 7.96. The molecule has 17 heavy (non-hydrogen) atoms. The lowest BCUT2D eigenvalue weighted by Crippen LogP contribution is -2.82. The molecule has 0 aliphatic heterocycles. The lowest BCUT2D eigenvalue weighted by Gasteiger charge is -2.54. The first-order valence-corrected chi connectivity index (χ1v) is 4.40. The van der Waals surface area contributed by atoms with E-state index in [0.717, 1.165) is 12.1 Å². The van der Waals surface area contributed by atoms with Crippen LogP contribution in [-0.2, 0) is 5.67 Å². The van der Waals surface area contributed by atoms with Crippen molar-refractivity contribution in [3.05, 3.63) is 35.9 Å². The number of hydrogen-bond donors (Lipinski definition) is 0. The largest absolute Gasteiger partial charge is 0.379 e. The van der Waals surface area contributed by atoms with Crippen LogP contribution in [0.4, 0.5) is 30.7 Å². The van der Waals surface area contributed by atoms with E-state index in [4.69, 9.17) is 0 Å². The summed E-state index contributed by atoms with van der Waals surface area (Å²) >= 11 is 0. The van der Waals surface area contributed by atoms with Crippen molar-refractivity contribution >= 4 is 0 Å². The van der Waals surface area contributed by atoms with Gasteiger partial charge in [-0.2, -0.15) is 26.3 Å². The Balaban J connectivity index is 2.60. The molecule has 93 valence electrons. The number of alkyl halides is 7. The second-order valence-corrected chi connectivity index (χ2v) is 3.66. The van der Waals surface area contributed by atoms with Crippen LogP contribution in [0.25, 0.3) is 0 Å². The predicted molar refractivity (Wildman–Crippen MR) is 42.9 cm³/mol. The molecule has 0 N–H and O–H groups in total. The van der Waals surface area contributed by atoms with E-state index in [1.54, 1.807) is 6.07 Å². The van der Waals surface area contributed by atoms with Gasteiger partial charge in [0.2, 0.25) is 0 Å². The third-order valence-electron chi connectivity index (χ3n) is 2.73. The third-order valence-corrected chi connectivity index (χ3v) is 2.73. The van der Waals surface area contributed by atoms with Gasteiger partial charge in [-0.05, 0) is 6.07 Å². The van der Waals surface area contributed by atoms with Crippen molar-refractivity contribution in [2.45, 2.75) is 23.4 Å². The maximum Gasteiger partial charge on any atom is 0.379 e. The van der Waals surface area contributed by atoms with Gasteiger partial charge < -0.3 is 0 Å². The van der Waals surface area contributed by atoms with Gasteiger partial charge in [0.25, 0.3) is 5.67 Å². The van der Waals surface area contributed by atoms with Crippen molar-refractivity contribution < 1.29 is 30.7 Å². The van der Waals surface area contributed by atoms with Crippen LogP contribution in [0.15, 0.2) is 24.3 Å². The average molecular weight is 257 g/mol. The Morgan fingerprint density at radius 3 is 1.71 bits per heavy atom. The van der Waals surface area contributed by atoms with E-state index >= 15 is 0 Å². The maximum absolute atomic E-state index is 13.7. The molecule has 0 atom stereocenters. The monoisotopic (exact) mass is 257 g/mol. The minimum atomic E-state index is -5.71. The van der Waals surface area contributed by atoms with Gasteiger partial charge in [0.05, 0.1) is 0 Å². The van der Waals surface area contributed by atoms with Crippen molar-refractivity contribution in [1.29, 1.82) is 0 Å². The first-order valence-electron chi connectivity index (χ1n) is 4.40. The van der Waals surface area contributed by atoms with Crippen LogP contribution >= 0.6 is 0 Å². The van der Waals surface area contributed by atoms with E-state index in [9.17, 15) is 30.7 Å². The van der Waals surface area contributed by atoms with Crippen molar-refractivity contribution in [2.75, 3.05) is 0 Å². The standard InChI is InChI=1S/C10H4F7/c11-7(6-4-2-1-3-5-6)8(12,13)10(16,17)9(7,14)15/h1-4H. The Labute approximate surface area is 91.0 Å². The van der Waals surface area contributed by atoms with E-state index in [-0.39, 0.29) is 0 Å². The molecule has 2 rings (SSSR count). The van der Waals surface area contributed by atoms with E-state index < -0.39 is 29.0 Å². The fourth-order valence-electron chi connectivity index (χ4n) is 1.71. The van der Waals surface area contributed by atoms with Gasteiger partial charge >= 0.3 is 17.8 Å². The molecule has 1 fully saturated rings. The van der Waals surface area contributed by atoms with E-state index in [2.05, 4.69) is 0 Å². The molecule has 0 saturated heterocycles. The van der Waals surface area contributed by atoms with Gasteiger partial charge in [0, 0.05) is 5.56 Å². The number of rotatable bonds is 1. The van der Waals surface area contributed by atoms with Gasteiger partial charge in [-0.1, -0.05) is 24.3 Å². The van der Waals surface area contributed by atoms with Gasteiger partial charge in [0.1, 0.15) is 0 Å². The van der Waals surface area contributed by atoms with E-state index in [0.29, 0.717) is 6.07 Å². The van der Waals surface area contributed by atoms with Crippen molar-refractivity contribution in [3.8, 4) is 0 Å². The van der Waals surface area contributed by atoms with E-state index in [1.165, 1.54) is 6.07 Å². The van der Waals surface area contributed by atoms with Crippen LogP contribution < -0.4 is 0 Å². The summed E-state index contributed by atoms with van der Waals surface area (Å²) in [6, 6.07) is 5.44. The Morgan fingerprint density at radius 2 is 1.29 bits per heavy atom. The second-order valence-electron chi connectivity index (χ2n) is 3.66. The molecule has 1 aromatic carbocycles. The highest BCUT2D eigenvalue weighted by molar-refractivity contribution is 5.38. The van der Waals surface area contributed by atoms with Gasteiger partial charge in [-0.25, -0.2) is 4.39 Å². The Bertz CT molecular complexity index is 419. The highest BCUT2D eigenvalue weighted by Crippen LogP contribution is 2.72. The van der Waals surface area contributed by atoms with Crippen molar-refractivity contribution in [3.63, 3.8) is 0 Å². The molecule has 1 radical (unpaired) electrons. The van der Waals surface area contributed by atoms with E-state index in [1.807, 2.05) is 0 Å². The Morgan fingerprint density at radius 1 is 0.765 bits per heavy atom. The zero-order chi connectivity index (χ0) is 13.1. The normalized spacial score (nSPS) is 27.2. The van der Waals surface area contributed by atoms with Crippen LogP contribution in [-0.4, -0.2) is 17.8 Å². The topological polar surface area (TPSA) is 0 Å². The smallest absolute Gasteiger partial charge is 0.225 e. The SMILES string of the molecule is FC1(F)C(F)(F)C(F)(c2[c]cccc2)C1(F)F. The molecular weight excluding hydrogens is 253 g/mol. The number of halogens is 7. The molecule has 0 amide bonds. The van der Waals surface area contributed by atoms with Crippen LogP contribution in [0.5, 0.6) is 0 Å². The average Bonchev–Trinajstić information content (AvgIpc) is 2.27. The first-order chi connectivity index (χ1) is 7.61. The summed E-state index contributed by atoms with van der Waals surface area (Å²) in [7, 11) is 0. The summed E-state index contributed by atoms with van der Waals surface area (Å²) in [5.41, 5.74) is -6.02. The molecule has 0 aromatic heterocycles. The minimum Gasteiger partial charge on any atom is -0.225 e. The summed E-state index contributed by atoms with van der Waals surface area (Å²) in [6.07, 6.45) is 0. The lowest BCUT2D eigenvalue weighted by molar-refractivity contribution is -0.479. The molecule has 1 saturated carbocycles. The molecule has 1 aromatic rings. The van der Waals surface area contributed by atoms with Crippen LogP contribution in [0, 0.1) is 6.07 Å². The number of benzene rings is 1. The molecule has 0 unspecified atom stereocenters. The first kappa shape index (κ1) is 12.2. The summed E-state index contributed by atoms with van der Waals surface area (Å²) in [5.74, 6) is -16.7. The second kappa shape index (κ2) is 2.94. The fourth-order valence-corrected chi connectivity index (χ4v) is 1.71. The molecule has 7 heteroatoms. The van der Waals surface area contributed by atoms with Crippen LogP contribution in [0.2, 0.25) is 0 Å². The molecule has 1 aliphatic rings. The van der Waals surface area contributed by atoms with Crippen LogP contribution in [0.1, 0.15) is 5.56 Å². The minimum absolute atomic E-state index is 0.567. The molecule has 0 heterocycles. The Kier molecular flexibility index (Phi) is 2.11. The maximum atomic E-state index is 13.7. The summed E-state index contributed by atoms with van der Waals surface area (Å²) in [4.78, 5) is 0. The van der Waals surface area contributed by atoms with Crippen molar-refractivity contribution in [2.24, 2.45) is 0 Å². The lowest BCUT2D eigenvalue weighted by atomic mass is 9.66. The zero-order valence-corrected chi connectivity index (χ0v) is 7.96. The molecule has 0 nitrogen and oxygen atoms in total. The predicted octanol–water partition coefficient (Wildman–Crippen LogP) is 3.57. The van der Waals surface area contributed by atoms with Gasteiger partial charge in [0.15, 0.2) is 0 Å². The Hall–Kier alpha value is -1.27. The quantitative estimate of drug-likeness (QED) is 0.674. The van der Waals surface area contributed by atoms with Crippen LogP contribution in [0.3, 0.4) is 0 Å². The highest BCUT2D eigenvalue weighted by Gasteiger charge is 3.00. The molecule has 0 bridgehead atoms.